The van der Waals surface area contributed by atoms with Crippen LogP contribution in [0.5, 0.6) is 0 Å². The molecule has 3 amide bonds. The Kier molecular flexibility index (Phi) is 7.07. The Morgan fingerprint density at radius 3 is 2.67 bits per heavy atom. The number of nitrogens with one attached hydrogen (secondary N) is 3. The molecule has 2 heterocycles. The number of piperidine rings is 1. The standard InChI is InChI=1S/C26H30N4O3/c1-18(14-21-15-27-23-12-6-5-11-22(21)23)29-26(33)20-10-7-13-30(17-20)24(31)16-28-25(32)19-8-3-2-4-9-19/h2-6,8-9,11-12,15,18,20,27H,7,10,13-14,16-17H2,1H3,(H,28,32)(H,29,33)/t18-,20+/m1/s1. The molecule has 172 valence electrons. The Morgan fingerprint density at radius 2 is 1.85 bits per heavy atom. The number of para-hydroxylation sites is 1. The summed E-state index contributed by atoms with van der Waals surface area (Å²) < 4.78 is 0. The van der Waals surface area contributed by atoms with Gasteiger partial charge in [0.05, 0.1) is 12.5 Å². The first-order chi connectivity index (χ1) is 16.0. The quantitative estimate of drug-likeness (QED) is 0.521. The van der Waals surface area contributed by atoms with Crippen molar-refractivity contribution >= 4 is 28.6 Å². The number of carbonyl (C=O) groups excluding carboxylic acids is 3. The molecule has 0 aliphatic carbocycles. The van der Waals surface area contributed by atoms with Crippen LogP contribution in [0.4, 0.5) is 0 Å². The fourth-order valence-corrected chi connectivity index (χ4v) is 4.42. The van der Waals surface area contributed by atoms with Crippen LogP contribution in [0.2, 0.25) is 0 Å². The highest BCUT2D eigenvalue weighted by Gasteiger charge is 2.29. The number of benzene rings is 2. The summed E-state index contributed by atoms with van der Waals surface area (Å²) in [6, 6.07) is 16.9. The lowest BCUT2D eigenvalue weighted by Gasteiger charge is -2.32. The number of carbonyl (C=O) groups is 3. The molecule has 1 aromatic heterocycles. The van der Waals surface area contributed by atoms with Crippen molar-refractivity contribution in [2.24, 2.45) is 5.92 Å². The van der Waals surface area contributed by atoms with Crippen LogP contribution < -0.4 is 10.6 Å². The molecule has 0 spiro atoms. The number of aromatic nitrogens is 1. The van der Waals surface area contributed by atoms with Crippen molar-refractivity contribution in [3.05, 3.63) is 71.9 Å². The number of amides is 3. The van der Waals surface area contributed by atoms with Crippen molar-refractivity contribution in [1.82, 2.24) is 20.5 Å². The molecule has 2 atom stereocenters. The molecule has 7 nitrogen and oxygen atoms in total. The van der Waals surface area contributed by atoms with Gasteiger partial charge >= 0.3 is 0 Å². The number of hydrogen-bond acceptors (Lipinski definition) is 3. The number of likely N-dealkylation sites (tertiary alicyclic amines) is 1. The number of H-pyrrole nitrogens is 1. The Hall–Kier alpha value is -3.61. The summed E-state index contributed by atoms with van der Waals surface area (Å²) in [7, 11) is 0. The van der Waals surface area contributed by atoms with E-state index in [-0.39, 0.29) is 36.2 Å². The zero-order chi connectivity index (χ0) is 23.2. The molecule has 1 aliphatic heterocycles. The molecule has 33 heavy (non-hydrogen) atoms. The SMILES string of the molecule is C[C@H](Cc1c[nH]c2ccccc12)NC(=O)[C@H]1CCCN(C(=O)CNC(=O)c2ccccc2)C1. The van der Waals surface area contributed by atoms with Crippen molar-refractivity contribution in [3.63, 3.8) is 0 Å². The van der Waals surface area contributed by atoms with Gasteiger partial charge in [0.25, 0.3) is 5.91 Å². The average Bonchev–Trinajstić information content (AvgIpc) is 3.25. The maximum atomic E-state index is 12.9. The molecule has 0 bridgehead atoms. The molecule has 7 heteroatoms. The maximum Gasteiger partial charge on any atom is 0.251 e. The largest absolute Gasteiger partial charge is 0.361 e. The molecular formula is C26H30N4O3. The third-order valence-corrected chi connectivity index (χ3v) is 6.17. The van der Waals surface area contributed by atoms with Gasteiger partial charge in [0.1, 0.15) is 0 Å². The number of nitrogens with zero attached hydrogens (tertiary/aromatic N) is 1. The van der Waals surface area contributed by atoms with Gasteiger partial charge in [-0.15, -0.1) is 0 Å². The number of aromatic amines is 1. The van der Waals surface area contributed by atoms with Crippen LogP contribution in [-0.4, -0.2) is 53.3 Å². The predicted molar refractivity (Wildman–Crippen MR) is 128 cm³/mol. The monoisotopic (exact) mass is 446 g/mol. The lowest BCUT2D eigenvalue weighted by molar-refractivity contribution is -0.135. The minimum absolute atomic E-state index is 0.0202. The van der Waals surface area contributed by atoms with E-state index in [2.05, 4.69) is 21.7 Å². The van der Waals surface area contributed by atoms with Gasteiger partial charge in [0, 0.05) is 41.8 Å². The van der Waals surface area contributed by atoms with Gasteiger partial charge in [-0.25, -0.2) is 0 Å². The molecule has 0 saturated carbocycles. The average molecular weight is 447 g/mol. The summed E-state index contributed by atoms with van der Waals surface area (Å²) in [5.74, 6) is -0.698. The topological polar surface area (TPSA) is 94.3 Å². The van der Waals surface area contributed by atoms with E-state index in [9.17, 15) is 14.4 Å². The first kappa shape index (κ1) is 22.6. The van der Waals surface area contributed by atoms with E-state index in [0.717, 1.165) is 24.8 Å². The predicted octanol–water partition coefficient (Wildman–Crippen LogP) is 2.88. The number of rotatable bonds is 7. The molecule has 2 aromatic carbocycles. The molecule has 0 unspecified atom stereocenters. The first-order valence-corrected chi connectivity index (χ1v) is 11.5. The molecule has 3 N–H and O–H groups in total. The maximum absolute atomic E-state index is 12.9. The molecule has 1 aliphatic rings. The van der Waals surface area contributed by atoms with Crippen molar-refractivity contribution in [2.45, 2.75) is 32.2 Å². The molecule has 0 radical (unpaired) electrons. The van der Waals surface area contributed by atoms with Crippen LogP contribution in [0.3, 0.4) is 0 Å². The van der Waals surface area contributed by atoms with Crippen molar-refractivity contribution in [2.75, 3.05) is 19.6 Å². The van der Waals surface area contributed by atoms with Crippen LogP contribution in [0, 0.1) is 5.92 Å². The molecule has 4 rings (SSSR count). The lowest BCUT2D eigenvalue weighted by atomic mass is 9.96. The van der Waals surface area contributed by atoms with Gasteiger partial charge in [-0.05, 0) is 49.9 Å². The first-order valence-electron chi connectivity index (χ1n) is 11.5. The van der Waals surface area contributed by atoms with Crippen LogP contribution in [0.1, 0.15) is 35.7 Å². The highest BCUT2D eigenvalue weighted by atomic mass is 16.2. The van der Waals surface area contributed by atoms with Gasteiger partial charge in [-0.3, -0.25) is 14.4 Å². The van der Waals surface area contributed by atoms with Crippen molar-refractivity contribution in [1.29, 1.82) is 0 Å². The van der Waals surface area contributed by atoms with E-state index >= 15 is 0 Å². The minimum atomic E-state index is -0.277. The van der Waals surface area contributed by atoms with Gasteiger partial charge in [-0.1, -0.05) is 36.4 Å². The summed E-state index contributed by atoms with van der Waals surface area (Å²) in [6.45, 7) is 2.92. The Balaban J connectivity index is 1.27. The summed E-state index contributed by atoms with van der Waals surface area (Å²) >= 11 is 0. The van der Waals surface area contributed by atoms with Crippen molar-refractivity contribution in [3.8, 4) is 0 Å². The van der Waals surface area contributed by atoms with Crippen LogP contribution in [-0.2, 0) is 16.0 Å². The summed E-state index contributed by atoms with van der Waals surface area (Å²) in [5.41, 5.74) is 2.78. The Morgan fingerprint density at radius 1 is 1.09 bits per heavy atom. The van der Waals surface area contributed by atoms with E-state index in [0.29, 0.717) is 18.7 Å². The van der Waals surface area contributed by atoms with Gasteiger partial charge in [0.2, 0.25) is 11.8 Å². The van der Waals surface area contributed by atoms with E-state index in [4.69, 9.17) is 0 Å². The Bertz CT molecular complexity index is 1120. The van der Waals surface area contributed by atoms with E-state index in [1.807, 2.05) is 37.4 Å². The second-order valence-corrected chi connectivity index (χ2v) is 8.70. The normalized spacial score (nSPS) is 16.9. The van der Waals surface area contributed by atoms with Crippen LogP contribution >= 0.6 is 0 Å². The lowest BCUT2D eigenvalue weighted by Crippen LogP contribution is -2.49. The third kappa shape index (κ3) is 5.61. The van der Waals surface area contributed by atoms with Crippen LogP contribution in [0.25, 0.3) is 10.9 Å². The fraction of sp³-hybridized carbons (Fsp3) is 0.346. The molecule has 3 aromatic rings. The molecular weight excluding hydrogens is 416 g/mol. The zero-order valence-corrected chi connectivity index (χ0v) is 18.8. The second kappa shape index (κ2) is 10.3. The number of hydrogen-bond donors (Lipinski definition) is 3. The Labute approximate surface area is 193 Å². The molecule has 1 saturated heterocycles. The van der Waals surface area contributed by atoms with Crippen LogP contribution in [0.15, 0.2) is 60.8 Å². The highest BCUT2D eigenvalue weighted by molar-refractivity contribution is 5.96. The fourth-order valence-electron chi connectivity index (χ4n) is 4.42. The van der Waals surface area contributed by atoms with E-state index in [1.165, 1.54) is 10.9 Å². The van der Waals surface area contributed by atoms with Gasteiger partial charge in [0.15, 0.2) is 0 Å². The van der Waals surface area contributed by atoms with E-state index in [1.54, 1.807) is 29.2 Å². The second-order valence-electron chi connectivity index (χ2n) is 8.70. The third-order valence-electron chi connectivity index (χ3n) is 6.17. The van der Waals surface area contributed by atoms with Gasteiger partial charge in [-0.2, -0.15) is 0 Å². The molecule has 1 fully saturated rings. The number of fused-ring (bicyclic) bond motifs is 1. The summed E-state index contributed by atoms with van der Waals surface area (Å²) in [5, 5.41) is 6.97. The highest BCUT2D eigenvalue weighted by Crippen LogP contribution is 2.20. The zero-order valence-electron chi connectivity index (χ0n) is 18.8. The van der Waals surface area contributed by atoms with Gasteiger partial charge < -0.3 is 20.5 Å². The van der Waals surface area contributed by atoms with E-state index < -0.39 is 0 Å². The minimum Gasteiger partial charge on any atom is -0.361 e. The van der Waals surface area contributed by atoms with Crippen molar-refractivity contribution < 1.29 is 14.4 Å². The smallest absolute Gasteiger partial charge is 0.251 e. The summed E-state index contributed by atoms with van der Waals surface area (Å²) in [6.07, 6.45) is 4.26. The summed E-state index contributed by atoms with van der Waals surface area (Å²) in [4.78, 5) is 42.7.